The fraction of sp³-hybridized carbons (Fsp3) is 0.471. The Bertz CT molecular complexity index is 508. The van der Waals surface area contributed by atoms with Gasteiger partial charge in [-0.1, -0.05) is 43.3 Å². The molecular formula is C17H20O3. The molecule has 1 aliphatic heterocycles. The fourth-order valence-corrected chi connectivity index (χ4v) is 2.85. The molecule has 1 saturated heterocycles. The highest BCUT2D eigenvalue weighted by molar-refractivity contribution is 5.78. The van der Waals surface area contributed by atoms with Crippen LogP contribution in [0.15, 0.2) is 42.5 Å². The molecule has 20 heavy (non-hydrogen) atoms. The second-order valence-electron chi connectivity index (χ2n) is 5.85. The molecule has 106 valence electrons. The lowest BCUT2D eigenvalue weighted by Gasteiger charge is -2.29. The molecule has 0 amide bonds. The summed E-state index contributed by atoms with van der Waals surface area (Å²) in [6, 6.07) is 9.91. The van der Waals surface area contributed by atoms with E-state index in [0.717, 1.165) is 18.4 Å². The molecule has 0 N–H and O–H groups in total. The zero-order valence-electron chi connectivity index (χ0n) is 11.7. The van der Waals surface area contributed by atoms with E-state index in [-0.39, 0.29) is 5.97 Å². The first-order valence-electron chi connectivity index (χ1n) is 7.25. The standard InChI is InChI=1S/C17H20O3/c1-13-7-9-17(10-8-13)11-15(16(18)20-17)19-12-14-5-3-2-4-6-14/h2-7,9,13,15H,8,10-12H2,1H3/t13-,15+,17+/m0/s1. The van der Waals surface area contributed by atoms with Crippen molar-refractivity contribution in [2.75, 3.05) is 0 Å². The number of ether oxygens (including phenoxy) is 2. The number of carbonyl (C=O) groups is 1. The third-order valence-corrected chi connectivity index (χ3v) is 4.14. The van der Waals surface area contributed by atoms with Gasteiger partial charge in [0, 0.05) is 6.42 Å². The molecule has 0 radical (unpaired) electrons. The summed E-state index contributed by atoms with van der Waals surface area (Å²) in [6.07, 6.45) is 6.38. The van der Waals surface area contributed by atoms with Gasteiger partial charge in [0.2, 0.25) is 0 Å². The first-order valence-corrected chi connectivity index (χ1v) is 7.25. The number of esters is 1. The van der Waals surface area contributed by atoms with Crippen LogP contribution in [0.3, 0.4) is 0 Å². The van der Waals surface area contributed by atoms with Gasteiger partial charge < -0.3 is 9.47 Å². The predicted molar refractivity (Wildman–Crippen MR) is 76.0 cm³/mol. The van der Waals surface area contributed by atoms with Crippen molar-refractivity contribution in [2.24, 2.45) is 5.92 Å². The number of benzene rings is 1. The molecule has 3 atom stereocenters. The predicted octanol–water partition coefficient (Wildman–Crippen LogP) is 3.24. The monoisotopic (exact) mass is 272 g/mol. The maximum absolute atomic E-state index is 12.0. The Balaban J connectivity index is 1.62. The van der Waals surface area contributed by atoms with E-state index in [9.17, 15) is 4.79 Å². The topological polar surface area (TPSA) is 35.5 Å². The summed E-state index contributed by atoms with van der Waals surface area (Å²) < 4.78 is 11.3. The zero-order valence-corrected chi connectivity index (χ0v) is 11.7. The minimum Gasteiger partial charge on any atom is -0.453 e. The van der Waals surface area contributed by atoms with Gasteiger partial charge in [-0.25, -0.2) is 4.79 Å². The number of carbonyl (C=O) groups excluding carboxylic acids is 1. The molecule has 1 spiro atoms. The number of rotatable bonds is 3. The summed E-state index contributed by atoms with van der Waals surface area (Å²) in [5, 5.41) is 0. The Morgan fingerprint density at radius 1 is 1.35 bits per heavy atom. The second-order valence-corrected chi connectivity index (χ2v) is 5.85. The van der Waals surface area contributed by atoms with Gasteiger partial charge in [-0.05, 0) is 30.4 Å². The Labute approximate surface area is 119 Å². The normalized spacial score (nSPS) is 32.5. The van der Waals surface area contributed by atoms with Gasteiger partial charge in [-0.3, -0.25) is 0 Å². The molecule has 0 bridgehead atoms. The molecular weight excluding hydrogens is 252 g/mol. The number of hydrogen-bond donors (Lipinski definition) is 0. The smallest absolute Gasteiger partial charge is 0.336 e. The van der Waals surface area contributed by atoms with Crippen molar-refractivity contribution in [1.82, 2.24) is 0 Å². The van der Waals surface area contributed by atoms with Crippen LogP contribution in [0.1, 0.15) is 31.7 Å². The van der Waals surface area contributed by atoms with E-state index in [4.69, 9.17) is 9.47 Å². The summed E-state index contributed by atoms with van der Waals surface area (Å²) in [4.78, 5) is 12.0. The van der Waals surface area contributed by atoms with E-state index in [2.05, 4.69) is 19.1 Å². The van der Waals surface area contributed by atoms with Crippen molar-refractivity contribution in [1.29, 1.82) is 0 Å². The van der Waals surface area contributed by atoms with Crippen LogP contribution in [0.2, 0.25) is 0 Å². The molecule has 3 heteroatoms. The van der Waals surface area contributed by atoms with Gasteiger partial charge in [0.1, 0.15) is 5.60 Å². The van der Waals surface area contributed by atoms with Crippen LogP contribution in [0.5, 0.6) is 0 Å². The Morgan fingerprint density at radius 2 is 2.15 bits per heavy atom. The Morgan fingerprint density at radius 3 is 2.85 bits per heavy atom. The molecule has 1 aromatic carbocycles. The number of hydrogen-bond acceptors (Lipinski definition) is 3. The van der Waals surface area contributed by atoms with Gasteiger partial charge in [0.05, 0.1) is 6.61 Å². The largest absolute Gasteiger partial charge is 0.453 e. The van der Waals surface area contributed by atoms with Gasteiger partial charge >= 0.3 is 5.97 Å². The molecule has 1 fully saturated rings. The molecule has 1 aromatic rings. The highest BCUT2D eigenvalue weighted by Gasteiger charge is 2.46. The van der Waals surface area contributed by atoms with Gasteiger partial charge in [0.25, 0.3) is 0 Å². The van der Waals surface area contributed by atoms with E-state index < -0.39 is 11.7 Å². The highest BCUT2D eigenvalue weighted by atomic mass is 16.6. The maximum atomic E-state index is 12.0. The van der Waals surface area contributed by atoms with E-state index in [1.165, 1.54) is 0 Å². The van der Waals surface area contributed by atoms with Gasteiger partial charge in [-0.2, -0.15) is 0 Å². The van der Waals surface area contributed by atoms with Crippen molar-refractivity contribution in [2.45, 2.75) is 44.5 Å². The lowest BCUT2D eigenvalue weighted by molar-refractivity contribution is -0.153. The van der Waals surface area contributed by atoms with E-state index in [0.29, 0.717) is 18.9 Å². The molecule has 3 rings (SSSR count). The van der Waals surface area contributed by atoms with E-state index in [1.807, 2.05) is 30.3 Å². The van der Waals surface area contributed by atoms with Crippen molar-refractivity contribution in [3.05, 3.63) is 48.0 Å². The molecule has 0 saturated carbocycles. The quantitative estimate of drug-likeness (QED) is 0.626. The third-order valence-electron chi connectivity index (χ3n) is 4.14. The molecule has 1 heterocycles. The van der Waals surface area contributed by atoms with Crippen LogP contribution >= 0.6 is 0 Å². The molecule has 0 unspecified atom stereocenters. The van der Waals surface area contributed by atoms with Crippen molar-refractivity contribution in [3.8, 4) is 0 Å². The zero-order chi connectivity index (χ0) is 14.0. The van der Waals surface area contributed by atoms with Crippen LogP contribution < -0.4 is 0 Å². The van der Waals surface area contributed by atoms with Crippen LogP contribution in [-0.4, -0.2) is 17.7 Å². The van der Waals surface area contributed by atoms with Crippen LogP contribution in [0, 0.1) is 5.92 Å². The van der Waals surface area contributed by atoms with Gasteiger partial charge in [0.15, 0.2) is 6.10 Å². The van der Waals surface area contributed by atoms with Gasteiger partial charge in [-0.15, -0.1) is 0 Å². The summed E-state index contributed by atoms with van der Waals surface area (Å²) in [6.45, 7) is 2.64. The Kier molecular flexibility index (Phi) is 3.62. The first kappa shape index (κ1) is 13.4. The van der Waals surface area contributed by atoms with Crippen LogP contribution in [0.25, 0.3) is 0 Å². The lowest BCUT2D eigenvalue weighted by atomic mass is 9.84. The highest BCUT2D eigenvalue weighted by Crippen LogP contribution is 2.38. The molecule has 1 aliphatic carbocycles. The maximum Gasteiger partial charge on any atom is 0.336 e. The van der Waals surface area contributed by atoms with E-state index >= 15 is 0 Å². The van der Waals surface area contributed by atoms with E-state index in [1.54, 1.807) is 0 Å². The number of allylic oxidation sites excluding steroid dienone is 1. The average molecular weight is 272 g/mol. The van der Waals surface area contributed by atoms with Crippen molar-refractivity contribution >= 4 is 5.97 Å². The summed E-state index contributed by atoms with van der Waals surface area (Å²) in [5.41, 5.74) is 0.666. The van der Waals surface area contributed by atoms with Crippen LogP contribution in [-0.2, 0) is 20.9 Å². The third kappa shape index (κ3) is 2.78. The minimum atomic E-state index is -0.437. The van der Waals surface area contributed by atoms with Crippen LogP contribution in [0.4, 0.5) is 0 Å². The summed E-state index contributed by atoms with van der Waals surface area (Å²) >= 11 is 0. The summed E-state index contributed by atoms with van der Waals surface area (Å²) in [5.74, 6) is 0.351. The summed E-state index contributed by atoms with van der Waals surface area (Å²) in [7, 11) is 0. The molecule has 2 aliphatic rings. The SMILES string of the molecule is C[C@H]1C=C[C@@]2(CC1)C[C@@H](OCc1ccccc1)C(=O)O2. The lowest BCUT2D eigenvalue weighted by Crippen LogP contribution is -2.29. The first-order chi connectivity index (χ1) is 9.67. The average Bonchev–Trinajstić information content (AvgIpc) is 2.78. The minimum absolute atomic E-state index is 0.222. The van der Waals surface area contributed by atoms with Crippen molar-refractivity contribution in [3.63, 3.8) is 0 Å². The molecule has 0 aromatic heterocycles. The fourth-order valence-electron chi connectivity index (χ4n) is 2.85. The second kappa shape index (κ2) is 5.41. The molecule has 3 nitrogen and oxygen atoms in total. The van der Waals surface area contributed by atoms with Crippen molar-refractivity contribution < 1.29 is 14.3 Å². The Hall–Kier alpha value is -1.61.